The summed E-state index contributed by atoms with van der Waals surface area (Å²) in [5.41, 5.74) is 1.24. The van der Waals surface area contributed by atoms with Crippen molar-refractivity contribution < 1.29 is 9.47 Å². The molecule has 0 bridgehead atoms. The Bertz CT molecular complexity index is 314. The van der Waals surface area contributed by atoms with Gasteiger partial charge in [-0.1, -0.05) is 23.7 Å². The summed E-state index contributed by atoms with van der Waals surface area (Å²) in [7, 11) is 1.67. The van der Waals surface area contributed by atoms with Crippen molar-refractivity contribution in [3.8, 4) is 0 Å². The molecule has 0 saturated carbocycles. The van der Waals surface area contributed by atoms with Crippen molar-refractivity contribution in [2.75, 3.05) is 32.8 Å². The monoisotopic (exact) mass is 290 g/mol. The Kier molecular flexibility index (Phi) is 8.44. The molecule has 0 aromatic heterocycles. The summed E-state index contributed by atoms with van der Waals surface area (Å²) in [5, 5.41) is 0.759. The number of ether oxygens (including phenoxy) is 2. The van der Waals surface area contributed by atoms with Crippen molar-refractivity contribution >= 4 is 23.2 Å². The van der Waals surface area contributed by atoms with Crippen molar-refractivity contribution in [3.05, 3.63) is 34.9 Å². The first kappa shape index (κ1) is 15.8. The lowest BCUT2D eigenvalue weighted by molar-refractivity contribution is 0.0683. The third kappa shape index (κ3) is 6.05. The molecule has 0 heterocycles. The highest BCUT2D eigenvalue weighted by Gasteiger charge is 2.09. The van der Waals surface area contributed by atoms with Crippen LogP contribution in [0, 0.1) is 0 Å². The molecule has 0 saturated heterocycles. The van der Waals surface area contributed by atoms with Crippen molar-refractivity contribution in [1.29, 1.82) is 0 Å². The van der Waals surface area contributed by atoms with E-state index in [1.54, 1.807) is 7.11 Å². The Hall–Kier alpha value is -0.280. The van der Waals surface area contributed by atoms with E-state index in [4.69, 9.17) is 32.7 Å². The number of hydrogen-bond donors (Lipinski definition) is 0. The molecule has 1 rings (SSSR count). The SMILES string of the molecule is COCCOCCCC(CCl)c1ccc(Cl)cc1. The van der Waals surface area contributed by atoms with Gasteiger partial charge in [-0.15, -0.1) is 11.6 Å². The lowest BCUT2D eigenvalue weighted by atomic mass is 9.96. The van der Waals surface area contributed by atoms with Crippen LogP contribution in [0.1, 0.15) is 24.3 Å². The van der Waals surface area contributed by atoms with Gasteiger partial charge >= 0.3 is 0 Å². The molecule has 0 fully saturated rings. The quantitative estimate of drug-likeness (QED) is 0.503. The van der Waals surface area contributed by atoms with Crippen LogP contribution in [-0.2, 0) is 9.47 Å². The molecule has 2 nitrogen and oxygen atoms in total. The van der Waals surface area contributed by atoms with E-state index < -0.39 is 0 Å². The zero-order valence-electron chi connectivity index (χ0n) is 10.7. The number of methoxy groups -OCH3 is 1. The van der Waals surface area contributed by atoms with Crippen LogP contribution in [0.3, 0.4) is 0 Å². The fraction of sp³-hybridized carbons (Fsp3) is 0.571. The predicted octanol–water partition coefficient (Wildman–Crippen LogP) is 4.11. The zero-order chi connectivity index (χ0) is 13.2. The molecule has 0 aliphatic rings. The second-order valence-corrected chi connectivity index (χ2v) is 4.90. The molecule has 0 N–H and O–H groups in total. The van der Waals surface area contributed by atoms with E-state index in [0.29, 0.717) is 25.0 Å². The molecular formula is C14H20Cl2O2. The average Bonchev–Trinajstić information content (AvgIpc) is 2.39. The normalized spacial score (nSPS) is 12.6. The largest absolute Gasteiger partial charge is 0.382 e. The smallest absolute Gasteiger partial charge is 0.0700 e. The molecule has 4 heteroatoms. The third-order valence-corrected chi connectivity index (χ3v) is 3.43. The maximum atomic E-state index is 6.01. The fourth-order valence-electron chi connectivity index (χ4n) is 1.74. The molecule has 1 aromatic rings. The molecule has 1 aromatic carbocycles. The first-order chi connectivity index (χ1) is 8.77. The minimum absolute atomic E-state index is 0.370. The lowest BCUT2D eigenvalue weighted by Crippen LogP contribution is -2.06. The second-order valence-electron chi connectivity index (χ2n) is 4.15. The molecule has 0 amide bonds. The average molecular weight is 291 g/mol. The molecule has 0 spiro atoms. The topological polar surface area (TPSA) is 18.5 Å². The highest BCUT2D eigenvalue weighted by atomic mass is 35.5. The van der Waals surface area contributed by atoms with Gasteiger partial charge in [0.1, 0.15) is 0 Å². The molecule has 0 radical (unpaired) electrons. The number of rotatable bonds is 9. The van der Waals surface area contributed by atoms with Crippen LogP contribution < -0.4 is 0 Å². The predicted molar refractivity (Wildman–Crippen MR) is 76.8 cm³/mol. The Morgan fingerprint density at radius 3 is 2.44 bits per heavy atom. The van der Waals surface area contributed by atoms with E-state index >= 15 is 0 Å². The van der Waals surface area contributed by atoms with Crippen LogP contribution in [0.15, 0.2) is 24.3 Å². The van der Waals surface area contributed by atoms with Gasteiger partial charge in [0.25, 0.3) is 0 Å². The molecular weight excluding hydrogens is 271 g/mol. The van der Waals surface area contributed by atoms with Crippen LogP contribution in [0.2, 0.25) is 5.02 Å². The van der Waals surface area contributed by atoms with Gasteiger partial charge in [0, 0.05) is 24.6 Å². The minimum Gasteiger partial charge on any atom is -0.382 e. The highest BCUT2D eigenvalue weighted by molar-refractivity contribution is 6.30. The Labute approximate surface area is 119 Å². The van der Waals surface area contributed by atoms with Crippen molar-refractivity contribution in [1.82, 2.24) is 0 Å². The summed E-state index contributed by atoms with van der Waals surface area (Å²) in [4.78, 5) is 0. The van der Waals surface area contributed by atoms with Crippen molar-refractivity contribution in [3.63, 3.8) is 0 Å². The fourth-order valence-corrected chi connectivity index (χ4v) is 2.20. The van der Waals surface area contributed by atoms with Crippen LogP contribution in [-0.4, -0.2) is 32.8 Å². The minimum atomic E-state index is 0.370. The number of benzene rings is 1. The van der Waals surface area contributed by atoms with Gasteiger partial charge in [0.15, 0.2) is 0 Å². The van der Waals surface area contributed by atoms with E-state index in [1.165, 1.54) is 5.56 Å². The Balaban J connectivity index is 2.27. The van der Waals surface area contributed by atoms with Gasteiger partial charge in [0.05, 0.1) is 13.2 Å². The summed E-state index contributed by atoms with van der Waals surface area (Å²) in [6, 6.07) is 7.90. The van der Waals surface area contributed by atoms with E-state index in [9.17, 15) is 0 Å². The van der Waals surface area contributed by atoms with Gasteiger partial charge in [-0.3, -0.25) is 0 Å². The summed E-state index contributed by atoms with van der Waals surface area (Å²) >= 11 is 11.9. The molecule has 0 aliphatic heterocycles. The maximum absolute atomic E-state index is 6.01. The van der Waals surface area contributed by atoms with Crippen molar-refractivity contribution in [2.45, 2.75) is 18.8 Å². The summed E-state index contributed by atoms with van der Waals surface area (Å²) < 4.78 is 10.3. The van der Waals surface area contributed by atoms with Gasteiger partial charge in [-0.2, -0.15) is 0 Å². The third-order valence-electron chi connectivity index (χ3n) is 2.80. The van der Waals surface area contributed by atoms with Gasteiger partial charge in [-0.05, 0) is 36.5 Å². The van der Waals surface area contributed by atoms with Crippen LogP contribution in [0.4, 0.5) is 0 Å². The van der Waals surface area contributed by atoms with E-state index in [-0.39, 0.29) is 0 Å². The van der Waals surface area contributed by atoms with E-state index in [2.05, 4.69) is 0 Å². The molecule has 0 aliphatic carbocycles. The first-order valence-corrected chi connectivity index (χ1v) is 7.07. The van der Waals surface area contributed by atoms with Crippen LogP contribution >= 0.6 is 23.2 Å². The van der Waals surface area contributed by atoms with Crippen molar-refractivity contribution in [2.24, 2.45) is 0 Å². The molecule has 1 atom stereocenters. The number of alkyl halides is 1. The standard InChI is InChI=1S/C14H20Cl2O2/c1-17-9-10-18-8-2-3-13(11-15)12-4-6-14(16)7-5-12/h4-7,13H,2-3,8-11H2,1H3. The molecule has 18 heavy (non-hydrogen) atoms. The Morgan fingerprint density at radius 1 is 1.11 bits per heavy atom. The van der Waals surface area contributed by atoms with Gasteiger partial charge in [-0.25, -0.2) is 0 Å². The van der Waals surface area contributed by atoms with E-state index in [1.807, 2.05) is 24.3 Å². The first-order valence-electron chi connectivity index (χ1n) is 6.16. The van der Waals surface area contributed by atoms with E-state index in [0.717, 1.165) is 24.5 Å². The maximum Gasteiger partial charge on any atom is 0.0700 e. The summed E-state index contributed by atoms with van der Waals surface area (Å²) in [6.07, 6.45) is 2.03. The number of hydrogen-bond acceptors (Lipinski definition) is 2. The molecule has 1 unspecified atom stereocenters. The second kappa shape index (κ2) is 9.62. The summed E-state index contributed by atoms with van der Waals surface area (Å²) in [6.45, 7) is 2.06. The number of halogens is 2. The zero-order valence-corrected chi connectivity index (χ0v) is 12.2. The highest BCUT2D eigenvalue weighted by Crippen LogP contribution is 2.24. The van der Waals surface area contributed by atoms with Crippen LogP contribution in [0.5, 0.6) is 0 Å². The van der Waals surface area contributed by atoms with Gasteiger partial charge in [0.2, 0.25) is 0 Å². The Morgan fingerprint density at radius 2 is 1.83 bits per heavy atom. The van der Waals surface area contributed by atoms with Gasteiger partial charge < -0.3 is 9.47 Å². The van der Waals surface area contributed by atoms with Crippen LogP contribution in [0.25, 0.3) is 0 Å². The molecule has 102 valence electrons. The summed E-state index contributed by atoms with van der Waals surface area (Å²) in [5.74, 6) is 0.995. The lowest BCUT2D eigenvalue weighted by Gasteiger charge is -2.14.